The van der Waals surface area contributed by atoms with Gasteiger partial charge >= 0.3 is 0 Å². The minimum atomic E-state index is 0.423. The maximum absolute atomic E-state index is 5.65. The highest BCUT2D eigenvalue weighted by atomic mass is 35.5. The zero-order valence-corrected chi connectivity index (χ0v) is 12.1. The second kappa shape index (κ2) is 6.15. The van der Waals surface area contributed by atoms with Crippen molar-refractivity contribution in [1.29, 1.82) is 0 Å². The molecular weight excluding hydrogens is 298 g/mol. The maximum atomic E-state index is 5.65. The van der Waals surface area contributed by atoms with Crippen LogP contribution in [0.2, 0.25) is 0 Å². The van der Waals surface area contributed by atoms with Crippen LogP contribution >= 0.6 is 22.9 Å². The number of thiophene rings is 1. The molecule has 0 aliphatic rings. The lowest BCUT2D eigenvalue weighted by Gasteiger charge is -1.92. The molecule has 0 saturated carbocycles. The van der Waals surface area contributed by atoms with E-state index in [1.165, 1.54) is 0 Å². The molecular formula is C12H12ClN5OS. The molecule has 3 heterocycles. The molecule has 0 unspecified atom stereocenters. The number of hydrogen-bond acceptors (Lipinski definition) is 6. The Morgan fingerprint density at radius 1 is 1.40 bits per heavy atom. The van der Waals surface area contributed by atoms with Crippen LogP contribution in [0, 0.1) is 0 Å². The van der Waals surface area contributed by atoms with E-state index < -0.39 is 0 Å². The van der Waals surface area contributed by atoms with Crippen LogP contribution in [0.1, 0.15) is 18.0 Å². The first-order chi connectivity index (χ1) is 9.85. The summed E-state index contributed by atoms with van der Waals surface area (Å²) in [5.74, 6) is 1.75. The molecule has 104 valence electrons. The van der Waals surface area contributed by atoms with Crippen molar-refractivity contribution in [3.8, 4) is 10.7 Å². The molecule has 0 atom stereocenters. The highest BCUT2D eigenvalue weighted by Crippen LogP contribution is 2.21. The van der Waals surface area contributed by atoms with Gasteiger partial charge in [-0.15, -0.1) is 28.0 Å². The fourth-order valence-corrected chi connectivity index (χ4v) is 2.52. The van der Waals surface area contributed by atoms with Crippen LogP contribution in [-0.2, 0) is 13.0 Å². The van der Waals surface area contributed by atoms with Crippen LogP contribution in [0.25, 0.3) is 10.7 Å². The Labute approximate surface area is 124 Å². The summed E-state index contributed by atoms with van der Waals surface area (Å²) in [6.45, 7) is 0.423. The van der Waals surface area contributed by atoms with E-state index in [1.807, 2.05) is 23.7 Å². The van der Waals surface area contributed by atoms with Gasteiger partial charge in [0.1, 0.15) is 6.54 Å². The van der Waals surface area contributed by atoms with Gasteiger partial charge in [0, 0.05) is 12.1 Å². The molecule has 3 aromatic heterocycles. The predicted octanol–water partition coefficient (Wildman–Crippen LogP) is 2.61. The van der Waals surface area contributed by atoms with E-state index in [0.717, 1.165) is 23.4 Å². The molecule has 20 heavy (non-hydrogen) atoms. The molecule has 6 nitrogen and oxygen atoms in total. The number of aryl methyl sites for hydroxylation is 1. The van der Waals surface area contributed by atoms with Crippen molar-refractivity contribution in [3.63, 3.8) is 0 Å². The summed E-state index contributed by atoms with van der Waals surface area (Å²) in [6.07, 6.45) is 3.60. The van der Waals surface area contributed by atoms with Crippen LogP contribution in [0.15, 0.2) is 28.2 Å². The van der Waals surface area contributed by atoms with Crippen molar-refractivity contribution in [2.45, 2.75) is 19.4 Å². The van der Waals surface area contributed by atoms with E-state index in [9.17, 15) is 0 Å². The van der Waals surface area contributed by atoms with Crippen LogP contribution in [0.5, 0.6) is 0 Å². The van der Waals surface area contributed by atoms with Gasteiger partial charge in [-0.2, -0.15) is 4.98 Å². The largest absolute Gasteiger partial charge is 0.337 e. The Morgan fingerprint density at radius 3 is 3.15 bits per heavy atom. The van der Waals surface area contributed by atoms with Crippen LogP contribution < -0.4 is 0 Å². The molecule has 3 aromatic rings. The molecule has 0 spiro atoms. The third-order valence-electron chi connectivity index (χ3n) is 2.66. The third kappa shape index (κ3) is 3.05. The Kier molecular flexibility index (Phi) is 4.08. The van der Waals surface area contributed by atoms with E-state index >= 15 is 0 Å². The van der Waals surface area contributed by atoms with E-state index in [1.54, 1.807) is 16.0 Å². The van der Waals surface area contributed by atoms with Crippen LogP contribution in [0.4, 0.5) is 0 Å². The molecule has 0 saturated heterocycles. The lowest BCUT2D eigenvalue weighted by molar-refractivity contribution is 0.364. The Balaban J connectivity index is 1.67. The Hall–Kier alpha value is -1.73. The first kappa shape index (κ1) is 13.3. The highest BCUT2D eigenvalue weighted by molar-refractivity contribution is 7.13. The van der Waals surface area contributed by atoms with Gasteiger partial charge in [-0.05, 0) is 24.3 Å². The van der Waals surface area contributed by atoms with Gasteiger partial charge in [-0.25, -0.2) is 4.68 Å². The van der Waals surface area contributed by atoms with Crippen molar-refractivity contribution in [2.75, 3.05) is 5.88 Å². The standard InChI is InChI=1S/C12H12ClN5OS/c13-5-1-3-9-7-18(17-15-9)8-11-14-12(16-19-11)10-4-2-6-20-10/h2,4,6-7H,1,3,5,8H2. The smallest absolute Gasteiger partial charge is 0.248 e. The fraction of sp³-hybridized carbons (Fsp3) is 0.333. The third-order valence-corrected chi connectivity index (χ3v) is 3.79. The molecule has 0 radical (unpaired) electrons. The molecule has 0 N–H and O–H groups in total. The van der Waals surface area contributed by atoms with E-state index in [0.29, 0.717) is 24.1 Å². The molecule has 0 amide bonds. The van der Waals surface area contributed by atoms with Gasteiger partial charge in [0.2, 0.25) is 11.7 Å². The number of rotatable bonds is 6. The van der Waals surface area contributed by atoms with E-state index in [4.69, 9.17) is 16.1 Å². The summed E-state index contributed by atoms with van der Waals surface area (Å²) in [4.78, 5) is 5.33. The van der Waals surface area contributed by atoms with Crippen molar-refractivity contribution in [1.82, 2.24) is 25.1 Å². The quantitative estimate of drug-likeness (QED) is 0.655. The van der Waals surface area contributed by atoms with E-state index in [2.05, 4.69) is 20.5 Å². The zero-order valence-electron chi connectivity index (χ0n) is 10.6. The first-order valence-corrected chi connectivity index (χ1v) is 7.58. The normalized spacial score (nSPS) is 11.1. The summed E-state index contributed by atoms with van der Waals surface area (Å²) >= 11 is 7.23. The molecule has 0 aliphatic heterocycles. The monoisotopic (exact) mass is 309 g/mol. The SMILES string of the molecule is ClCCCc1cn(Cc2nc(-c3cccs3)no2)nn1. The van der Waals surface area contributed by atoms with Crippen LogP contribution in [-0.4, -0.2) is 31.0 Å². The minimum absolute atomic E-state index is 0.423. The minimum Gasteiger partial charge on any atom is -0.337 e. The lowest BCUT2D eigenvalue weighted by Crippen LogP contribution is -2.00. The molecule has 8 heteroatoms. The van der Waals surface area contributed by atoms with Crippen molar-refractivity contribution < 1.29 is 4.52 Å². The predicted molar refractivity (Wildman–Crippen MR) is 75.8 cm³/mol. The van der Waals surface area contributed by atoms with Crippen molar-refractivity contribution in [2.24, 2.45) is 0 Å². The summed E-state index contributed by atoms with van der Waals surface area (Å²) < 4.78 is 6.91. The summed E-state index contributed by atoms with van der Waals surface area (Å²) in [6, 6.07) is 3.91. The van der Waals surface area contributed by atoms with Gasteiger partial charge in [0.15, 0.2) is 0 Å². The average Bonchev–Trinajstić information content (AvgIpc) is 3.18. The molecule has 0 fully saturated rings. The molecule has 3 rings (SSSR count). The van der Waals surface area contributed by atoms with Crippen molar-refractivity contribution >= 4 is 22.9 Å². The maximum Gasteiger partial charge on any atom is 0.248 e. The second-order valence-corrected chi connectivity index (χ2v) is 5.51. The Bertz CT molecular complexity index is 663. The topological polar surface area (TPSA) is 69.6 Å². The number of nitrogens with zero attached hydrogens (tertiary/aromatic N) is 5. The molecule has 0 aromatic carbocycles. The fourth-order valence-electron chi connectivity index (χ4n) is 1.74. The molecule has 0 aliphatic carbocycles. The van der Waals surface area contributed by atoms with Crippen LogP contribution in [0.3, 0.4) is 0 Å². The average molecular weight is 310 g/mol. The van der Waals surface area contributed by atoms with Crippen molar-refractivity contribution in [3.05, 3.63) is 35.3 Å². The molecule has 0 bridgehead atoms. The van der Waals surface area contributed by atoms with Gasteiger partial charge in [0.05, 0.1) is 10.6 Å². The first-order valence-electron chi connectivity index (χ1n) is 6.16. The summed E-state index contributed by atoms with van der Waals surface area (Å²) in [5, 5.41) is 14.0. The second-order valence-electron chi connectivity index (χ2n) is 4.19. The number of aromatic nitrogens is 5. The summed E-state index contributed by atoms with van der Waals surface area (Å²) in [5.41, 5.74) is 0.920. The number of halogens is 1. The van der Waals surface area contributed by atoms with E-state index in [-0.39, 0.29) is 0 Å². The van der Waals surface area contributed by atoms with Gasteiger partial charge in [-0.1, -0.05) is 16.4 Å². The van der Waals surface area contributed by atoms with Gasteiger partial charge < -0.3 is 4.52 Å². The van der Waals surface area contributed by atoms with Gasteiger partial charge in [0.25, 0.3) is 0 Å². The number of alkyl halides is 1. The summed E-state index contributed by atoms with van der Waals surface area (Å²) in [7, 11) is 0. The zero-order chi connectivity index (χ0) is 13.8. The highest BCUT2D eigenvalue weighted by Gasteiger charge is 2.10. The number of hydrogen-bond donors (Lipinski definition) is 0. The van der Waals surface area contributed by atoms with Gasteiger partial charge in [-0.3, -0.25) is 0 Å². The Morgan fingerprint density at radius 2 is 2.35 bits per heavy atom. The lowest BCUT2D eigenvalue weighted by atomic mass is 10.3.